The summed E-state index contributed by atoms with van der Waals surface area (Å²) in [7, 11) is 0. The van der Waals surface area contributed by atoms with Gasteiger partial charge in [-0.3, -0.25) is 14.7 Å². The predicted molar refractivity (Wildman–Crippen MR) is 151 cm³/mol. The molecule has 5 rings (SSSR count). The molecular formula is C30H40FN7O3. The van der Waals surface area contributed by atoms with Crippen molar-refractivity contribution in [3.8, 4) is 11.1 Å². The van der Waals surface area contributed by atoms with Crippen molar-refractivity contribution in [2.24, 2.45) is 17.8 Å². The fourth-order valence-electron chi connectivity index (χ4n) is 6.97. The Labute approximate surface area is 239 Å². The number of rotatable bonds is 9. The smallest absolute Gasteiger partial charge is 0.276 e. The fraction of sp³-hybridized carbons (Fsp3) is 0.600. The van der Waals surface area contributed by atoms with Crippen LogP contribution >= 0.6 is 0 Å². The maximum absolute atomic E-state index is 15.2. The third-order valence-corrected chi connectivity index (χ3v) is 8.95. The van der Waals surface area contributed by atoms with Crippen molar-refractivity contribution in [3.05, 3.63) is 40.9 Å². The monoisotopic (exact) mass is 565 g/mol. The van der Waals surface area contributed by atoms with Gasteiger partial charge >= 0.3 is 0 Å². The van der Waals surface area contributed by atoms with Crippen molar-refractivity contribution in [2.75, 3.05) is 5.32 Å². The lowest BCUT2D eigenvalue weighted by Gasteiger charge is -2.41. The predicted octanol–water partition coefficient (Wildman–Crippen LogP) is 5.69. The molecule has 2 amide bonds. The molecule has 0 spiro atoms. The maximum Gasteiger partial charge on any atom is 0.276 e. The lowest BCUT2D eigenvalue weighted by molar-refractivity contribution is -0.121. The number of aromatic amines is 1. The molecule has 0 radical (unpaired) electrons. The first kappa shape index (κ1) is 28.9. The van der Waals surface area contributed by atoms with E-state index in [1.165, 1.54) is 12.8 Å². The van der Waals surface area contributed by atoms with Crippen LogP contribution < -0.4 is 10.6 Å². The maximum atomic E-state index is 15.2. The van der Waals surface area contributed by atoms with Gasteiger partial charge in [0.25, 0.3) is 5.91 Å². The summed E-state index contributed by atoms with van der Waals surface area (Å²) in [5.41, 5.74) is 2.90. The topological polar surface area (TPSA) is 139 Å². The average molecular weight is 566 g/mol. The Balaban J connectivity index is 1.46. The van der Waals surface area contributed by atoms with Crippen LogP contribution in [-0.2, 0) is 11.2 Å². The third-order valence-electron chi connectivity index (χ3n) is 8.95. The van der Waals surface area contributed by atoms with Crippen LogP contribution in [0.5, 0.6) is 0 Å². The van der Waals surface area contributed by atoms with Crippen molar-refractivity contribution in [1.82, 2.24) is 30.8 Å². The molecule has 0 unspecified atom stereocenters. The Kier molecular flexibility index (Phi) is 9.09. The average Bonchev–Trinajstić information content (AvgIpc) is 3.60. The number of nitrogens with zero attached hydrogens (tertiary/aromatic N) is 4. The SMILES string of the molecule is CCc1nonc1C(=O)N[C@H](C(=O)Nc1ccc(-c2c(C)n[nH]c2C)c(F)n1)C(C1CCCCC1)C1CCCCC1. The zero-order chi connectivity index (χ0) is 28.9. The molecule has 0 aliphatic heterocycles. The number of hydrogen-bond acceptors (Lipinski definition) is 7. The van der Waals surface area contributed by atoms with E-state index in [-0.39, 0.29) is 17.4 Å². The Morgan fingerprint density at radius 1 is 1.02 bits per heavy atom. The van der Waals surface area contributed by atoms with Gasteiger partial charge in [0.15, 0.2) is 5.69 Å². The molecule has 2 aliphatic rings. The van der Waals surface area contributed by atoms with Crippen molar-refractivity contribution >= 4 is 17.6 Å². The van der Waals surface area contributed by atoms with Gasteiger partial charge in [0.1, 0.15) is 17.6 Å². The summed E-state index contributed by atoms with van der Waals surface area (Å²) in [4.78, 5) is 31.6. The van der Waals surface area contributed by atoms with Crippen LogP contribution in [0.1, 0.15) is 98.7 Å². The van der Waals surface area contributed by atoms with Crippen LogP contribution in [-0.4, -0.2) is 43.4 Å². The number of pyridine rings is 1. The zero-order valence-corrected chi connectivity index (χ0v) is 24.1. The molecule has 3 aromatic rings. The first-order valence-electron chi connectivity index (χ1n) is 15.0. The number of aromatic nitrogens is 5. The second-order valence-electron chi connectivity index (χ2n) is 11.6. The van der Waals surface area contributed by atoms with E-state index < -0.39 is 23.8 Å². The number of aryl methyl sites for hydroxylation is 3. The zero-order valence-electron chi connectivity index (χ0n) is 24.1. The number of carbonyl (C=O) groups is 2. The molecule has 41 heavy (non-hydrogen) atoms. The summed E-state index contributed by atoms with van der Waals surface area (Å²) < 4.78 is 20.1. The van der Waals surface area contributed by atoms with E-state index in [2.05, 4.69) is 36.1 Å². The van der Waals surface area contributed by atoms with Crippen molar-refractivity contribution in [3.63, 3.8) is 0 Å². The number of amides is 2. The van der Waals surface area contributed by atoms with Gasteiger partial charge < -0.3 is 10.6 Å². The van der Waals surface area contributed by atoms with Crippen LogP contribution in [0.2, 0.25) is 0 Å². The fourth-order valence-corrected chi connectivity index (χ4v) is 6.97. The van der Waals surface area contributed by atoms with Gasteiger partial charge in [0.2, 0.25) is 11.9 Å². The Hall–Kier alpha value is -3.63. The molecule has 0 aromatic carbocycles. The standard InChI is InChI=1S/C30H40FN7O3/c1-4-22-26(38-41-37-22)29(39)34-27(25(19-11-7-5-8-12-19)20-13-9-6-10-14-20)30(40)33-23-16-15-21(28(31)32-23)24-17(2)35-36-18(24)3/h15-16,19-20,25,27H,4-14H2,1-3H3,(H,34,39)(H,35,36)(H,32,33,40)/t27-/m0/s1. The highest BCUT2D eigenvalue weighted by molar-refractivity contribution is 6.00. The van der Waals surface area contributed by atoms with Gasteiger partial charge in [0.05, 0.1) is 5.69 Å². The first-order chi connectivity index (χ1) is 19.9. The lowest BCUT2D eigenvalue weighted by atomic mass is 9.66. The number of carbonyl (C=O) groups excluding carboxylic acids is 2. The van der Waals surface area contributed by atoms with Crippen molar-refractivity contribution in [1.29, 1.82) is 0 Å². The Bertz CT molecular complexity index is 1320. The molecule has 2 fully saturated rings. The minimum Gasteiger partial charge on any atom is -0.338 e. The molecule has 220 valence electrons. The van der Waals surface area contributed by atoms with Crippen LogP contribution in [0.25, 0.3) is 11.1 Å². The first-order valence-corrected chi connectivity index (χ1v) is 15.0. The van der Waals surface area contributed by atoms with Crippen LogP contribution in [0, 0.1) is 37.5 Å². The second-order valence-corrected chi connectivity index (χ2v) is 11.6. The molecule has 2 aliphatic carbocycles. The van der Waals surface area contributed by atoms with E-state index in [0.717, 1.165) is 57.1 Å². The largest absolute Gasteiger partial charge is 0.338 e. The van der Waals surface area contributed by atoms with E-state index >= 15 is 4.39 Å². The number of hydrogen-bond donors (Lipinski definition) is 3. The summed E-state index contributed by atoms with van der Waals surface area (Å²) in [5.74, 6) is -0.924. The van der Waals surface area contributed by atoms with Crippen LogP contribution in [0.3, 0.4) is 0 Å². The summed E-state index contributed by atoms with van der Waals surface area (Å²) in [6.07, 6.45) is 11.4. The summed E-state index contributed by atoms with van der Waals surface area (Å²) >= 11 is 0. The minimum absolute atomic E-state index is 0.0511. The summed E-state index contributed by atoms with van der Waals surface area (Å²) in [5, 5.41) is 20.6. The Morgan fingerprint density at radius 3 is 2.24 bits per heavy atom. The van der Waals surface area contributed by atoms with E-state index in [4.69, 9.17) is 4.63 Å². The number of nitrogens with one attached hydrogen (secondary N) is 3. The summed E-state index contributed by atoms with van der Waals surface area (Å²) in [6.45, 7) is 5.48. The third kappa shape index (κ3) is 6.33. The Morgan fingerprint density at radius 2 is 1.68 bits per heavy atom. The highest BCUT2D eigenvalue weighted by Gasteiger charge is 2.42. The van der Waals surface area contributed by atoms with Gasteiger partial charge in [-0.2, -0.15) is 9.49 Å². The molecule has 10 nitrogen and oxygen atoms in total. The van der Waals surface area contributed by atoms with Crippen molar-refractivity contribution < 1.29 is 18.6 Å². The quantitative estimate of drug-likeness (QED) is 0.283. The molecule has 0 bridgehead atoms. The molecule has 1 atom stereocenters. The van der Waals surface area contributed by atoms with E-state index in [1.807, 2.05) is 13.8 Å². The molecule has 3 N–H and O–H groups in total. The normalized spacial score (nSPS) is 17.5. The molecule has 3 aromatic heterocycles. The number of halogens is 1. The van der Waals surface area contributed by atoms with E-state index in [1.54, 1.807) is 19.1 Å². The number of H-pyrrole nitrogens is 1. The summed E-state index contributed by atoms with van der Waals surface area (Å²) in [6, 6.07) is 2.36. The highest BCUT2D eigenvalue weighted by Crippen LogP contribution is 2.42. The minimum atomic E-state index is -0.835. The van der Waals surface area contributed by atoms with Gasteiger partial charge in [-0.25, -0.2) is 9.61 Å². The molecule has 0 saturated heterocycles. The van der Waals surface area contributed by atoms with Crippen LogP contribution in [0.15, 0.2) is 16.8 Å². The van der Waals surface area contributed by atoms with Gasteiger partial charge in [-0.15, -0.1) is 0 Å². The van der Waals surface area contributed by atoms with Crippen molar-refractivity contribution in [2.45, 2.75) is 97.4 Å². The van der Waals surface area contributed by atoms with Gasteiger partial charge in [-0.1, -0.05) is 76.3 Å². The van der Waals surface area contributed by atoms with Gasteiger partial charge in [-0.05, 0) is 55.3 Å². The molecule has 3 heterocycles. The van der Waals surface area contributed by atoms with E-state index in [0.29, 0.717) is 40.8 Å². The van der Waals surface area contributed by atoms with Gasteiger partial charge in [0, 0.05) is 16.8 Å². The molecule has 2 saturated carbocycles. The lowest BCUT2D eigenvalue weighted by Crippen LogP contribution is -2.53. The van der Waals surface area contributed by atoms with Crippen LogP contribution in [0.4, 0.5) is 10.2 Å². The highest BCUT2D eigenvalue weighted by atomic mass is 19.1. The molecular weight excluding hydrogens is 525 g/mol. The molecule has 11 heteroatoms. The second kappa shape index (κ2) is 12.9. The number of anilines is 1. The van der Waals surface area contributed by atoms with E-state index in [9.17, 15) is 9.59 Å².